The standard InChI is InChI=1S/C18H16N6O2/c1-10-4-3-5-12(8-10)24-11(2)16(21-23-24)18(26)19-17-14-7-6-13(25)9-15(14)20-22-17/h3-9,25H,1-2H3,(H2,19,20,22,26). The summed E-state index contributed by atoms with van der Waals surface area (Å²) in [6, 6.07) is 12.5. The summed E-state index contributed by atoms with van der Waals surface area (Å²) in [5.41, 5.74) is 3.41. The Kier molecular flexibility index (Phi) is 3.65. The summed E-state index contributed by atoms with van der Waals surface area (Å²) in [5, 5.41) is 27.9. The van der Waals surface area contributed by atoms with E-state index in [1.165, 1.54) is 12.1 Å². The lowest BCUT2D eigenvalue weighted by Gasteiger charge is -2.05. The number of phenols is 1. The first kappa shape index (κ1) is 15.8. The van der Waals surface area contributed by atoms with Crippen molar-refractivity contribution in [1.29, 1.82) is 0 Å². The van der Waals surface area contributed by atoms with Gasteiger partial charge in [-0.2, -0.15) is 5.10 Å². The van der Waals surface area contributed by atoms with Crippen LogP contribution in [0.25, 0.3) is 16.6 Å². The van der Waals surface area contributed by atoms with Gasteiger partial charge in [-0.15, -0.1) is 5.10 Å². The SMILES string of the molecule is Cc1cccc(-n2nnc(C(=O)Nc3n[nH]c4cc(O)ccc34)c2C)c1. The number of carbonyl (C=O) groups is 1. The quantitative estimate of drug-likeness (QED) is 0.527. The molecule has 26 heavy (non-hydrogen) atoms. The minimum absolute atomic E-state index is 0.121. The number of carbonyl (C=O) groups excluding carboxylic acids is 1. The summed E-state index contributed by atoms with van der Waals surface area (Å²) in [6.07, 6.45) is 0. The Hall–Kier alpha value is -3.68. The van der Waals surface area contributed by atoms with Gasteiger partial charge in [-0.25, -0.2) is 4.68 Å². The van der Waals surface area contributed by atoms with E-state index < -0.39 is 5.91 Å². The van der Waals surface area contributed by atoms with Crippen molar-refractivity contribution < 1.29 is 9.90 Å². The lowest BCUT2D eigenvalue weighted by molar-refractivity contribution is 0.102. The number of amides is 1. The van der Waals surface area contributed by atoms with Crippen LogP contribution >= 0.6 is 0 Å². The molecule has 0 saturated carbocycles. The number of aromatic amines is 1. The predicted molar refractivity (Wildman–Crippen MR) is 96.5 cm³/mol. The number of phenolic OH excluding ortho intramolecular Hbond substituents is 1. The monoisotopic (exact) mass is 348 g/mol. The molecule has 8 nitrogen and oxygen atoms in total. The minimum atomic E-state index is -0.400. The molecule has 0 aliphatic carbocycles. The van der Waals surface area contributed by atoms with E-state index in [1.54, 1.807) is 17.7 Å². The number of fused-ring (bicyclic) bond motifs is 1. The molecule has 0 fully saturated rings. The maximum absolute atomic E-state index is 12.6. The summed E-state index contributed by atoms with van der Waals surface area (Å²) < 4.78 is 1.63. The number of H-pyrrole nitrogens is 1. The molecule has 130 valence electrons. The molecule has 2 aromatic heterocycles. The molecular formula is C18H16N6O2. The number of aromatic nitrogens is 5. The largest absolute Gasteiger partial charge is 0.508 e. The highest BCUT2D eigenvalue weighted by atomic mass is 16.3. The number of aromatic hydroxyl groups is 1. The number of aryl methyl sites for hydroxylation is 1. The Labute approximate surface area is 148 Å². The van der Waals surface area contributed by atoms with Gasteiger partial charge in [0.2, 0.25) is 0 Å². The first-order valence-corrected chi connectivity index (χ1v) is 8.01. The predicted octanol–water partition coefficient (Wildman–Crippen LogP) is 2.72. The van der Waals surface area contributed by atoms with Crippen LogP contribution in [-0.2, 0) is 0 Å². The zero-order valence-corrected chi connectivity index (χ0v) is 14.2. The van der Waals surface area contributed by atoms with Crippen LogP contribution in [0.3, 0.4) is 0 Å². The zero-order valence-electron chi connectivity index (χ0n) is 14.2. The molecule has 0 aliphatic heterocycles. The average Bonchev–Trinajstić information content (AvgIpc) is 3.18. The second-order valence-electron chi connectivity index (χ2n) is 6.03. The molecule has 4 rings (SSSR count). The lowest BCUT2D eigenvalue weighted by atomic mass is 10.2. The molecule has 1 amide bonds. The second kappa shape index (κ2) is 5.99. The summed E-state index contributed by atoms with van der Waals surface area (Å²) in [6.45, 7) is 3.78. The number of nitrogens with one attached hydrogen (secondary N) is 2. The molecule has 3 N–H and O–H groups in total. The van der Waals surface area contributed by atoms with Crippen LogP contribution in [0, 0.1) is 13.8 Å². The zero-order chi connectivity index (χ0) is 18.3. The third-order valence-corrected chi connectivity index (χ3v) is 4.13. The highest BCUT2D eigenvalue weighted by Crippen LogP contribution is 2.24. The molecule has 4 aromatic rings. The van der Waals surface area contributed by atoms with Crippen molar-refractivity contribution in [1.82, 2.24) is 25.2 Å². The van der Waals surface area contributed by atoms with Gasteiger partial charge in [-0.05, 0) is 43.7 Å². The van der Waals surface area contributed by atoms with E-state index in [9.17, 15) is 9.90 Å². The van der Waals surface area contributed by atoms with E-state index in [1.807, 2.05) is 31.2 Å². The van der Waals surface area contributed by atoms with Crippen molar-refractivity contribution >= 4 is 22.6 Å². The van der Waals surface area contributed by atoms with Gasteiger partial charge >= 0.3 is 0 Å². The van der Waals surface area contributed by atoms with Gasteiger partial charge in [0, 0.05) is 11.5 Å². The summed E-state index contributed by atoms with van der Waals surface area (Å²) in [4.78, 5) is 12.6. The highest BCUT2D eigenvalue weighted by molar-refractivity contribution is 6.07. The molecule has 0 saturated heterocycles. The molecule has 2 heterocycles. The van der Waals surface area contributed by atoms with E-state index in [0.29, 0.717) is 22.4 Å². The van der Waals surface area contributed by atoms with Crippen LogP contribution < -0.4 is 5.32 Å². The Morgan fingerprint density at radius 2 is 2.04 bits per heavy atom. The smallest absolute Gasteiger partial charge is 0.279 e. The first-order valence-electron chi connectivity index (χ1n) is 8.01. The molecule has 2 aromatic carbocycles. The second-order valence-corrected chi connectivity index (χ2v) is 6.03. The summed E-state index contributed by atoms with van der Waals surface area (Å²) in [7, 11) is 0. The van der Waals surface area contributed by atoms with Crippen LogP contribution in [0.1, 0.15) is 21.7 Å². The van der Waals surface area contributed by atoms with Gasteiger partial charge in [0.05, 0.1) is 16.9 Å². The van der Waals surface area contributed by atoms with E-state index in [2.05, 4.69) is 25.8 Å². The van der Waals surface area contributed by atoms with Crippen molar-refractivity contribution in [3.05, 3.63) is 59.4 Å². The molecule has 0 aliphatic rings. The number of nitrogens with zero attached hydrogens (tertiary/aromatic N) is 4. The molecule has 0 atom stereocenters. The van der Waals surface area contributed by atoms with E-state index in [4.69, 9.17) is 0 Å². The topological polar surface area (TPSA) is 109 Å². The maximum Gasteiger partial charge on any atom is 0.279 e. The number of rotatable bonds is 3. The molecule has 0 unspecified atom stereocenters. The Bertz CT molecular complexity index is 1130. The van der Waals surface area contributed by atoms with E-state index in [-0.39, 0.29) is 11.4 Å². The third-order valence-electron chi connectivity index (χ3n) is 4.13. The van der Waals surface area contributed by atoms with Gasteiger partial charge < -0.3 is 10.4 Å². The normalized spacial score (nSPS) is 11.0. The Morgan fingerprint density at radius 1 is 1.19 bits per heavy atom. The van der Waals surface area contributed by atoms with Crippen LogP contribution in [0.15, 0.2) is 42.5 Å². The Balaban J connectivity index is 1.64. The van der Waals surface area contributed by atoms with Gasteiger partial charge in [0.1, 0.15) is 5.75 Å². The maximum atomic E-state index is 12.6. The van der Waals surface area contributed by atoms with Crippen LogP contribution in [0.4, 0.5) is 5.82 Å². The molecular weight excluding hydrogens is 332 g/mol. The van der Waals surface area contributed by atoms with Crippen LogP contribution in [0.5, 0.6) is 5.75 Å². The van der Waals surface area contributed by atoms with E-state index >= 15 is 0 Å². The van der Waals surface area contributed by atoms with Crippen molar-refractivity contribution in [2.45, 2.75) is 13.8 Å². The number of anilines is 1. The number of hydrogen-bond donors (Lipinski definition) is 3. The lowest BCUT2D eigenvalue weighted by Crippen LogP contribution is -2.14. The highest BCUT2D eigenvalue weighted by Gasteiger charge is 2.19. The molecule has 8 heteroatoms. The van der Waals surface area contributed by atoms with Crippen molar-refractivity contribution in [3.63, 3.8) is 0 Å². The fraction of sp³-hybridized carbons (Fsp3) is 0.111. The van der Waals surface area contributed by atoms with Crippen molar-refractivity contribution in [2.75, 3.05) is 5.32 Å². The average molecular weight is 348 g/mol. The van der Waals surface area contributed by atoms with Crippen LogP contribution in [-0.4, -0.2) is 36.2 Å². The van der Waals surface area contributed by atoms with Crippen molar-refractivity contribution in [2.24, 2.45) is 0 Å². The minimum Gasteiger partial charge on any atom is -0.508 e. The van der Waals surface area contributed by atoms with Crippen LogP contribution in [0.2, 0.25) is 0 Å². The van der Waals surface area contributed by atoms with Crippen molar-refractivity contribution in [3.8, 4) is 11.4 Å². The number of benzene rings is 2. The van der Waals surface area contributed by atoms with E-state index in [0.717, 1.165) is 11.3 Å². The van der Waals surface area contributed by atoms with Gasteiger partial charge in [-0.1, -0.05) is 17.3 Å². The third kappa shape index (κ3) is 2.67. The summed E-state index contributed by atoms with van der Waals surface area (Å²) in [5.74, 6) is 0.0911. The fourth-order valence-corrected chi connectivity index (χ4v) is 2.81. The summed E-state index contributed by atoms with van der Waals surface area (Å²) >= 11 is 0. The number of hydrogen-bond acceptors (Lipinski definition) is 5. The van der Waals surface area contributed by atoms with Gasteiger partial charge in [0.25, 0.3) is 5.91 Å². The fourth-order valence-electron chi connectivity index (χ4n) is 2.81. The van der Waals surface area contributed by atoms with Gasteiger partial charge in [0.15, 0.2) is 11.5 Å². The van der Waals surface area contributed by atoms with Gasteiger partial charge in [-0.3, -0.25) is 9.89 Å². The molecule has 0 bridgehead atoms. The Morgan fingerprint density at radius 3 is 2.85 bits per heavy atom. The molecule has 0 spiro atoms. The first-order chi connectivity index (χ1) is 12.5. The molecule has 0 radical (unpaired) electrons.